The first kappa shape index (κ1) is 13.4. The van der Waals surface area contributed by atoms with Gasteiger partial charge in [0.05, 0.1) is 4.92 Å². The first-order valence-corrected chi connectivity index (χ1v) is 5.87. The number of aromatic nitrogens is 1. The van der Waals surface area contributed by atoms with Gasteiger partial charge in [0.2, 0.25) is 0 Å². The lowest BCUT2D eigenvalue weighted by Gasteiger charge is -1.96. The highest BCUT2D eigenvalue weighted by atomic mass is 16.6. The van der Waals surface area contributed by atoms with Gasteiger partial charge in [0, 0.05) is 12.3 Å². The summed E-state index contributed by atoms with van der Waals surface area (Å²) in [7, 11) is 0. The second-order valence-electron chi connectivity index (χ2n) is 3.82. The predicted molar refractivity (Wildman–Crippen MR) is 78.5 cm³/mol. The number of hydrazone groups is 1. The number of rotatable bonds is 5. The van der Waals surface area contributed by atoms with Crippen LogP contribution in [0.3, 0.4) is 0 Å². The van der Waals surface area contributed by atoms with Gasteiger partial charge in [-0.2, -0.15) is 5.10 Å². The summed E-state index contributed by atoms with van der Waals surface area (Å²) in [4.78, 5) is 13.8. The van der Waals surface area contributed by atoms with E-state index in [1.54, 1.807) is 12.3 Å². The number of nitrogens with one attached hydrogen (secondary N) is 1. The Labute approximate surface area is 115 Å². The number of nitro groups is 1. The average Bonchev–Trinajstić information content (AvgIpc) is 2.48. The lowest BCUT2D eigenvalue weighted by molar-refractivity contribution is -0.385. The maximum atomic E-state index is 10.5. The average molecular weight is 268 g/mol. The lowest BCUT2D eigenvalue weighted by Crippen LogP contribution is -1.94. The molecular weight excluding hydrogens is 256 g/mol. The standard InChI is InChI=1S/C14H12N4O2/c19-18(20)13-8-9-14(15-11-13)17-16-10-4-7-12-5-2-1-3-6-12/h1-11H,(H,15,17)/b7-4+,16-10-. The molecule has 1 N–H and O–H groups in total. The van der Waals surface area contributed by atoms with Gasteiger partial charge in [-0.3, -0.25) is 15.5 Å². The van der Waals surface area contributed by atoms with Crippen LogP contribution in [0.15, 0.2) is 59.8 Å². The van der Waals surface area contributed by atoms with Crippen LogP contribution in [0, 0.1) is 10.1 Å². The van der Waals surface area contributed by atoms with Crippen LogP contribution in [0.5, 0.6) is 0 Å². The second-order valence-corrected chi connectivity index (χ2v) is 3.82. The van der Waals surface area contributed by atoms with Crippen LogP contribution in [0.25, 0.3) is 6.08 Å². The van der Waals surface area contributed by atoms with Gasteiger partial charge in [-0.05, 0) is 17.7 Å². The van der Waals surface area contributed by atoms with Crippen molar-refractivity contribution in [3.8, 4) is 0 Å². The first-order valence-electron chi connectivity index (χ1n) is 5.87. The van der Waals surface area contributed by atoms with Crippen molar-refractivity contribution in [3.63, 3.8) is 0 Å². The molecule has 6 heteroatoms. The van der Waals surface area contributed by atoms with Crippen LogP contribution in [0.1, 0.15) is 5.56 Å². The third-order valence-electron chi connectivity index (χ3n) is 2.39. The minimum absolute atomic E-state index is 0.0523. The molecule has 0 aliphatic heterocycles. The van der Waals surface area contributed by atoms with Gasteiger partial charge in [-0.15, -0.1) is 0 Å². The van der Waals surface area contributed by atoms with Crippen molar-refractivity contribution >= 4 is 23.8 Å². The Hall–Kier alpha value is -3.02. The Balaban J connectivity index is 1.87. The molecule has 6 nitrogen and oxygen atoms in total. The molecule has 0 fully saturated rings. The van der Waals surface area contributed by atoms with Gasteiger partial charge in [0.1, 0.15) is 12.0 Å². The number of hydrogen-bond donors (Lipinski definition) is 1. The molecule has 1 aromatic carbocycles. The summed E-state index contributed by atoms with van der Waals surface area (Å²) in [6, 6.07) is 12.7. The van der Waals surface area contributed by atoms with E-state index in [1.165, 1.54) is 18.3 Å². The molecule has 0 bridgehead atoms. The smallest absolute Gasteiger partial charge is 0.261 e. The van der Waals surface area contributed by atoms with Crippen LogP contribution in [-0.2, 0) is 0 Å². The molecule has 0 amide bonds. The van der Waals surface area contributed by atoms with Crippen molar-refractivity contribution < 1.29 is 4.92 Å². The molecule has 0 aliphatic rings. The summed E-state index contributed by atoms with van der Waals surface area (Å²) >= 11 is 0. The van der Waals surface area contributed by atoms with Crippen molar-refractivity contribution in [1.82, 2.24) is 4.98 Å². The number of anilines is 1. The Kier molecular flexibility index (Phi) is 4.55. The van der Waals surface area contributed by atoms with Crippen molar-refractivity contribution in [2.75, 3.05) is 5.43 Å². The van der Waals surface area contributed by atoms with E-state index in [0.29, 0.717) is 5.82 Å². The minimum Gasteiger partial charge on any atom is -0.261 e. The van der Waals surface area contributed by atoms with E-state index in [-0.39, 0.29) is 5.69 Å². The van der Waals surface area contributed by atoms with E-state index >= 15 is 0 Å². The summed E-state index contributed by atoms with van der Waals surface area (Å²) in [6.45, 7) is 0. The maximum Gasteiger partial charge on any atom is 0.287 e. The molecule has 1 heterocycles. The Morgan fingerprint density at radius 1 is 1.20 bits per heavy atom. The molecule has 1 aromatic heterocycles. The SMILES string of the molecule is O=[N+]([O-])c1ccc(N/N=C\C=C\c2ccccc2)nc1. The molecule has 0 unspecified atom stereocenters. The topological polar surface area (TPSA) is 80.4 Å². The highest BCUT2D eigenvalue weighted by molar-refractivity contribution is 5.78. The van der Waals surface area contributed by atoms with E-state index in [0.717, 1.165) is 5.56 Å². The van der Waals surface area contributed by atoms with E-state index in [9.17, 15) is 10.1 Å². The summed E-state index contributed by atoms with van der Waals surface area (Å²) in [5, 5.41) is 14.4. The Morgan fingerprint density at radius 2 is 2.00 bits per heavy atom. The molecule has 0 saturated heterocycles. The quantitative estimate of drug-likeness (QED) is 0.513. The largest absolute Gasteiger partial charge is 0.287 e. The molecule has 100 valence electrons. The lowest BCUT2D eigenvalue weighted by atomic mass is 10.2. The van der Waals surface area contributed by atoms with Crippen LogP contribution in [-0.4, -0.2) is 16.1 Å². The molecule has 20 heavy (non-hydrogen) atoms. The number of pyridine rings is 1. The molecular formula is C14H12N4O2. The zero-order valence-electron chi connectivity index (χ0n) is 10.5. The molecule has 0 spiro atoms. The summed E-state index contributed by atoms with van der Waals surface area (Å²) in [5.74, 6) is 0.444. The van der Waals surface area contributed by atoms with Crippen molar-refractivity contribution in [2.24, 2.45) is 5.10 Å². The number of benzene rings is 1. The fourth-order valence-electron chi connectivity index (χ4n) is 1.42. The predicted octanol–water partition coefficient (Wildman–Crippen LogP) is 3.10. The minimum atomic E-state index is -0.497. The van der Waals surface area contributed by atoms with E-state index in [4.69, 9.17) is 0 Å². The van der Waals surface area contributed by atoms with Gasteiger partial charge in [0.15, 0.2) is 0 Å². The zero-order valence-corrected chi connectivity index (χ0v) is 10.5. The fourth-order valence-corrected chi connectivity index (χ4v) is 1.42. The number of allylic oxidation sites excluding steroid dienone is 1. The monoisotopic (exact) mass is 268 g/mol. The maximum absolute atomic E-state index is 10.5. The molecule has 0 radical (unpaired) electrons. The van der Waals surface area contributed by atoms with Crippen LogP contribution < -0.4 is 5.43 Å². The van der Waals surface area contributed by atoms with Crippen molar-refractivity contribution in [3.05, 3.63) is 70.4 Å². The molecule has 2 aromatic rings. The molecule has 0 atom stereocenters. The van der Waals surface area contributed by atoms with Gasteiger partial charge >= 0.3 is 0 Å². The molecule has 0 aliphatic carbocycles. The number of hydrogen-bond acceptors (Lipinski definition) is 5. The first-order chi connectivity index (χ1) is 9.75. The van der Waals surface area contributed by atoms with Gasteiger partial charge in [-0.1, -0.05) is 36.4 Å². The highest BCUT2D eigenvalue weighted by Gasteiger charge is 2.03. The molecule has 2 rings (SSSR count). The third kappa shape index (κ3) is 4.02. The van der Waals surface area contributed by atoms with Crippen LogP contribution in [0.2, 0.25) is 0 Å². The summed E-state index contributed by atoms with van der Waals surface area (Å²) < 4.78 is 0. The molecule has 0 saturated carbocycles. The highest BCUT2D eigenvalue weighted by Crippen LogP contribution is 2.11. The van der Waals surface area contributed by atoms with E-state index in [1.807, 2.05) is 36.4 Å². The summed E-state index contributed by atoms with van der Waals surface area (Å²) in [5.41, 5.74) is 3.71. The third-order valence-corrected chi connectivity index (χ3v) is 2.39. The van der Waals surface area contributed by atoms with Crippen LogP contribution in [0.4, 0.5) is 11.5 Å². The van der Waals surface area contributed by atoms with E-state index < -0.39 is 4.92 Å². The van der Waals surface area contributed by atoms with Crippen molar-refractivity contribution in [2.45, 2.75) is 0 Å². The van der Waals surface area contributed by atoms with Crippen molar-refractivity contribution in [1.29, 1.82) is 0 Å². The Bertz CT molecular complexity index is 621. The van der Waals surface area contributed by atoms with E-state index in [2.05, 4.69) is 15.5 Å². The normalized spacial score (nSPS) is 11.0. The van der Waals surface area contributed by atoms with Crippen LogP contribution >= 0.6 is 0 Å². The van der Waals surface area contributed by atoms with Gasteiger partial charge in [0.25, 0.3) is 5.69 Å². The fraction of sp³-hybridized carbons (Fsp3) is 0. The summed E-state index contributed by atoms with van der Waals surface area (Å²) in [6.07, 6.45) is 6.45. The Morgan fingerprint density at radius 3 is 2.65 bits per heavy atom. The van der Waals surface area contributed by atoms with Gasteiger partial charge < -0.3 is 0 Å². The van der Waals surface area contributed by atoms with Gasteiger partial charge in [-0.25, -0.2) is 4.98 Å². The number of nitrogens with zero attached hydrogens (tertiary/aromatic N) is 3. The second kappa shape index (κ2) is 6.79. The zero-order chi connectivity index (χ0) is 14.2.